The average Bonchev–Trinajstić information content (AvgIpc) is 2.78. The van der Waals surface area contributed by atoms with Crippen molar-refractivity contribution in [3.05, 3.63) is 71.8 Å². The Labute approximate surface area is 185 Å². The molecule has 0 saturated heterocycles. The van der Waals surface area contributed by atoms with Crippen LogP contribution < -0.4 is 5.32 Å². The second-order valence-electron chi connectivity index (χ2n) is 7.43. The van der Waals surface area contributed by atoms with Gasteiger partial charge in [-0.25, -0.2) is 0 Å². The zero-order chi connectivity index (χ0) is 21.6. The van der Waals surface area contributed by atoms with Crippen molar-refractivity contribution in [2.45, 2.75) is 51.3 Å². The summed E-state index contributed by atoms with van der Waals surface area (Å²) in [5, 5.41) is 2.97. The van der Waals surface area contributed by atoms with Gasteiger partial charge < -0.3 is 10.2 Å². The zero-order valence-corrected chi connectivity index (χ0v) is 19.0. The minimum Gasteiger partial charge on any atom is -0.354 e. The summed E-state index contributed by atoms with van der Waals surface area (Å²) >= 11 is 1.76. The van der Waals surface area contributed by atoms with Gasteiger partial charge in [-0.2, -0.15) is 11.8 Å². The lowest BCUT2D eigenvalue weighted by Crippen LogP contribution is -2.49. The van der Waals surface area contributed by atoms with Crippen molar-refractivity contribution in [1.29, 1.82) is 0 Å². The zero-order valence-electron chi connectivity index (χ0n) is 18.2. The SMILES string of the molecule is CCCCNC(=O)[C@@H](C)N(CCc1ccccc1)C(=O)CCSCc1ccccc1. The second kappa shape index (κ2) is 13.9. The molecule has 2 aromatic carbocycles. The molecule has 162 valence electrons. The Kier molecular flexibility index (Phi) is 11.1. The van der Waals surface area contributed by atoms with Crippen LogP contribution in [0.1, 0.15) is 44.2 Å². The summed E-state index contributed by atoms with van der Waals surface area (Å²) in [5.74, 6) is 1.62. The van der Waals surface area contributed by atoms with Crippen molar-refractivity contribution in [3.63, 3.8) is 0 Å². The van der Waals surface area contributed by atoms with Crippen LogP contribution in [0.3, 0.4) is 0 Å². The molecular weight excluding hydrogens is 392 g/mol. The van der Waals surface area contributed by atoms with Gasteiger partial charge in [0.2, 0.25) is 11.8 Å². The fourth-order valence-corrected chi connectivity index (χ4v) is 4.06. The highest BCUT2D eigenvalue weighted by Gasteiger charge is 2.25. The van der Waals surface area contributed by atoms with Gasteiger partial charge in [0, 0.05) is 31.0 Å². The van der Waals surface area contributed by atoms with E-state index in [1.807, 2.05) is 43.3 Å². The Balaban J connectivity index is 1.90. The predicted octanol–water partition coefficient (Wildman–Crippen LogP) is 4.69. The van der Waals surface area contributed by atoms with Gasteiger partial charge in [-0.3, -0.25) is 9.59 Å². The molecule has 0 bridgehead atoms. The normalized spacial score (nSPS) is 11.7. The smallest absolute Gasteiger partial charge is 0.242 e. The molecule has 0 saturated carbocycles. The van der Waals surface area contributed by atoms with E-state index in [1.165, 1.54) is 11.1 Å². The van der Waals surface area contributed by atoms with E-state index < -0.39 is 6.04 Å². The van der Waals surface area contributed by atoms with Gasteiger partial charge in [-0.1, -0.05) is 74.0 Å². The number of unbranched alkanes of at least 4 members (excludes halogenated alkanes) is 1. The largest absolute Gasteiger partial charge is 0.354 e. The van der Waals surface area contributed by atoms with E-state index in [-0.39, 0.29) is 11.8 Å². The van der Waals surface area contributed by atoms with Crippen LogP contribution >= 0.6 is 11.8 Å². The molecule has 30 heavy (non-hydrogen) atoms. The summed E-state index contributed by atoms with van der Waals surface area (Å²) in [5.41, 5.74) is 2.44. The maximum Gasteiger partial charge on any atom is 0.242 e. The van der Waals surface area contributed by atoms with Crippen molar-refractivity contribution < 1.29 is 9.59 Å². The molecule has 2 aromatic rings. The predicted molar refractivity (Wildman–Crippen MR) is 126 cm³/mol. The first-order valence-corrected chi connectivity index (χ1v) is 12.0. The highest BCUT2D eigenvalue weighted by molar-refractivity contribution is 7.98. The molecule has 0 aliphatic rings. The minimum absolute atomic E-state index is 0.0460. The van der Waals surface area contributed by atoms with Crippen LogP contribution in [0.2, 0.25) is 0 Å². The topological polar surface area (TPSA) is 49.4 Å². The Morgan fingerprint density at radius 2 is 1.63 bits per heavy atom. The average molecular weight is 427 g/mol. The van der Waals surface area contributed by atoms with Crippen LogP contribution in [0.25, 0.3) is 0 Å². The molecule has 0 radical (unpaired) electrons. The van der Waals surface area contributed by atoms with E-state index in [1.54, 1.807) is 16.7 Å². The van der Waals surface area contributed by atoms with Crippen molar-refractivity contribution in [2.24, 2.45) is 0 Å². The van der Waals surface area contributed by atoms with Crippen LogP contribution in [0.4, 0.5) is 0 Å². The van der Waals surface area contributed by atoms with Gasteiger partial charge in [-0.15, -0.1) is 0 Å². The first kappa shape index (κ1) is 24.0. The molecular formula is C25H34N2O2S. The third kappa shape index (κ3) is 8.62. The number of nitrogens with one attached hydrogen (secondary N) is 1. The lowest BCUT2D eigenvalue weighted by Gasteiger charge is -2.29. The van der Waals surface area contributed by atoms with Crippen molar-refractivity contribution in [3.8, 4) is 0 Å². The van der Waals surface area contributed by atoms with Gasteiger partial charge >= 0.3 is 0 Å². The van der Waals surface area contributed by atoms with E-state index in [4.69, 9.17) is 0 Å². The first-order chi connectivity index (χ1) is 14.6. The molecule has 2 rings (SSSR count). The molecule has 0 aliphatic heterocycles. The number of hydrogen-bond acceptors (Lipinski definition) is 3. The van der Waals surface area contributed by atoms with Crippen LogP contribution in [-0.4, -0.2) is 41.6 Å². The fourth-order valence-electron chi connectivity index (χ4n) is 3.17. The summed E-state index contributed by atoms with van der Waals surface area (Å²) in [4.78, 5) is 27.3. The molecule has 1 N–H and O–H groups in total. The van der Waals surface area contributed by atoms with E-state index in [2.05, 4.69) is 36.5 Å². The number of carbonyl (C=O) groups excluding carboxylic acids is 2. The van der Waals surface area contributed by atoms with Gasteiger partial charge in [0.25, 0.3) is 0 Å². The maximum atomic E-state index is 13.0. The summed E-state index contributed by atoms with van der Waals surface area (Å²) in [7, 11) is 0. The Morgan fingerprint density at radius 1 is 1.00 bits per heavy atom. The van der Waals surface area contributed by atoms with Crippen molar-refractivity contribution >= 4 is 23.6 Å². The van der Waals surface area contributed by atoms with Crippen LogP contribution in [-0.2, 0) is 21.8 Å². The summed E-state index contributed by atoms with van der Waals surface area (Å²) < 4.78 is 0. The molecule has 0 spiro atoms. The Bertz CT molecular complexity index is 752. The van der Waals surface area contributed by atoms with Crippen LogP contribution in [0.15, 0.2) is 60.7 Å². The Morgan fingerprint density at radius 3 is 2.27 bits per heavy atom. The first-order valence-electron chi connectivity index (χ1n) is 10.8. The molecule has 0 unspecified atom stereocenters. The fraction of sp³-hybridized carbons (Fsp3) is 0.440. The molecule has 2 amide bonds. The van der Waals surface area contributed by atoms with Gasteiger partial charge in [0.1, 0.15) is 6.04 Å². The van der Waals surface area contributed by atoms with Crippen molar-refractivity contribution in [2.75, 3.05) is 18.8 Å². The van der Waals surface area contributed by atoms with Crippen LogP contribution in [0.5, 0.6) is 0 Å². The van der Waals surface area contributed by atoms with E-state index in [9.17, 15) is 9.59 Å². The number of benzene rings is 2. The number of rotatable bonds is 13. The summed E-state index contributed by atoms with van der Waals surface area (Å²) in [6.45, 7) is 5.14. The van der Waals surface area contributed by atoms with E-state index in [0.29, 0.717) is 19.5 Å². The molecule has 5 heteroatoms. The lowest BCUT2D eigenvalue weighted by atomic mass is 10.1. The standard InChI is InChI=1S/C25H34N2O2S/c1-3-4-17-26-25(29)21(2)27(18-15-22-11-7-5-8-12-22)24(28)16-19-30-20-23-13-9-6-10-14-23/h5-14,21H,3-4,15-20H2,1-2H3,(H,26,29)/t21-/m1/s1. The van der Waals surface area contributed by atoms with E-state index >= 15 is 0 Å². The summed E-state index contributed by atoms with van der Waals surface area (Å²) in [6, 6.07) is 19.9. The number of thioether (sulfide) groups is 1. The van der Waals surface area contributed by atoms with E-state index in [0.717, 1.165) is 30.8 Å². The lowest BCUT2D eigenvalue weighted by molar-refractivity contribution is -0.139. The quantitative estimate of drug-likeness (QED) is 0.473. The molecule has 0 aliphatic carbocycles. The maximum absolute atomic E-state index is 13.0. The Hall–Kier alpha value is -2.27. The highest BCUT2D eigenvalue weighted by Crippen LogP contribution is 2.15. The van der Waals surface area contributed by atoms with Crippen molar-refractivity contribution in [1.82, 2.24) is 10.2 Å². The summed E-state index contributed by atoms with van der Waals surface area (Å²) in [6.07, 6.45) is 3.17. The number of nitrogens with zero attached hydrogens (tertiary/aromatic N) is 1. The monoisotopic (exact) mass is 426 g/mol. The third-order valence-electron chi connectivity index (χ3n) is 5.05. The van der Waals surface area contributed by atoms with Gasteiger partial charge in [-0.05, 0) is 30.9 Å². The van der Waals surface area contributed by atoms with Gasteiger partial charge in [0.15, 0.2) is 0 Å². The highest BCUT2D eigenvalue weighted by atomic mass is 32.2. The number of hydrogen-bond donors (Lipinski definition) is 1. The van der Waals surface area contributed by atoms with Crippen LogP contribution in [0, 0.1) is 0 Å². The number of carbonyl (C=O) groups is 2. The molecule has 4 nitrogen and oxygen atoms in total. The molecule has 1 atom stereocenters. The minimum atomic E-state index is -0.461. The molecule has 0 aromatic heterocycles. The molecule has 0 fully saturated rings. The molecule has 0 heterocycles. The van der Waals surface area contributed by atoms with Gasteiger partial charge in [0.05, 0.1) is 0 Å². The third-order valence-corrected chi connectivity index (χ3v) is 6.08. The number of amides is 2. The second-order valence-corrected chi connectivity index (χ2v) is 8.54.